The Hall–Kier alpha value is -3.49. The van der Waals surface area contributed by atoms with E-state index in [1.54, 1.807) is 42.7 Å². The minimum Gasteiger partial charge on any atom is -0.467 e. The first-order valence-electron chi connectivity index (χ1n) is 9.81. The van der Waals surface area contributed by atoms with Crippen LogP contribution in [0.5, 0.6) is 0 Å². The molecule has 160 valence electrons. The zero-order valence-electron chi connectivity index (χ0n) is 16.7. The molecule has 3 aromatic heterocycles. The maximum Gasteiger partial charge on any atom is 0.283 e. The van der Waals surface area contributed by atoms with Crippen molar-refractivity contribution in [1.82, 2.24) is 19.9 Å². The number of nitrogens with zero attached hydrogens (tertiary/aromatic N) is 2. The van der Waals surface area contributed by atoms with E-state index in [2.05, 4.69) is 10.3 Å². The number of amides is 1. The molecule has 0 aliphatic rings. The number of carbonyl (C=O) groups excluding carboxylic acids is 1. The van der Waals surface area contributed by atoms with E-state index in [0.717, 1.165) is 10.9 Å². The van der Waals surface area contributed by atoms with E-state index in [0.29, 0.717) is 39.2 Å². The van der Waals surface area contributed by atoms with E-state index < -0.39 is 0 Å². The summed E-state index contributed by atoms with van der Waals surface area (Å²) in [4.78, 5) is 33.8. The number of aromatic nitrogens is 3. The van der Waals surface area contributed by atoms with Crippen LogP contribution in [0.25, 0.3) is 27.6 Å². The van der Waals surface area contributed by atoms with Crippen molar-refractivity contribution in [3.8, 4) is 5.69 Å². The Morgan fingerprint density at radius 1 is 1.16 bits per heavy atom. The van der Waals surface area contributed by atoms with Gasteiger partial charge in [0.25, 0.3) is 5.56 Å². The highest BCUT2D eigenvalue weighted by molar-refractivity contribution is 7.99. The second-order valence-corrected chi connectivity index (χ2v) is 8.43. The molecule has 0 spiro atoms. The molecular formula is C23H17ClN4O3S. The standard InChI is InChI=1S/C23H17ClN4O3S/c24-14-5-3-6-15(11-14)28-22(30)21-20(17-8-1-2-9-18(17)26-21)27-23(28)32-13-19(29)25-12-16-7-4-10-31-16/h1-11,26H,12-13H2,(H,25,29). The molecule has 9 heteroatoms. The van der Waals surface area contributed by atoms with Gasteiger partial charge in [-0.1, -0.05) is 47.6 Å². The van der Waals surface area contributed by atoms with E-state index in [-0.39, 0.29) is 17.2 Å². The highest BCUT2D eigenvalue weighted by Crippen LogP contribution is 2.27. The highest BCUT2D eigenvalue weighted by atomic mass is 35.5. The normalized spacial score (nSPS) is 11.3. The molecule has 3 heterocycles. The van der Waals surface area contributed by atoms with Gasteiger partial charge in [-0.15, -0.1) is 0 Å². The quantitative estimate of drug-likeness (QED) is 0.284. The molecular weight excluding hydrogens is 448 g/mol. The van der Waals surface area contributed by atoms with Gasteiger partial charge in [-0.05, 0) is 36.4 Å². The SMILES string of the molecule is O=C(CSc1nc2c([nH]c3ccccc32)c(=O)n1-c1cccc(Cl)c1)NCc1ccco1. The predicted molar refractivity (Wildman–Crippen MR) is 125 cm³/mol. The second-order valence-electron chi connectivity index (χ2n) is 7.05. The molecule has 7 nitrogen and oxygen atoms in total. The molecule has 0 aliphatic heterocycles. The van der Waals surface area contributed by atoms with Crippen LogP contribution in [0.4, 0.5) is 0 Å². The third-order valence-electron chi connectivity index (χ3n) is 4.93. The number of hydrogen-bond acceptors (Lipinski definition) is 5. The zero-order chi connectivity index (χ0) is 22.1. The van der Waals surface area contributed by atoms with Gasteiger partial charge in [-0.25, -0.2) is 4.98 Å². The number of hydrogen-bond donors (Lipinski definition) is 2. The van der Waals surface area contributed by atoms with Crippen molar-refractivity contribution in [3.63, 3.8) is 0 Å². The molecule has 1 amide bonds. The summed E-state index contributed by atoms with van der Waals surface area (Å²) in [5.74, 6) is 0.552. The van der Waals surface area contributed by atoms with E-state index in [1.807, 2.05) is 24.3 Å². The molecule has 32 heavy (non-hydrogen) atoms. The summed E-state index contributed by atoms with van der Waals surface area (Å²) in [6.07, 6.45) is 1.56. The molecule has 0 radical (unpaired) electrons. The van der Waals surface area contributed by atoms with E-state index in [9.17, 15) is 9.59 Å². The number of fused-ring (bicyclic) bond motifs is 3. The van der Waals surface area contributed by atoms with E-state index >= 15 is 0 Å². The summed E-state index contributed by atoms with van der Waals surface area (Å²) in [5.41, 5.74) is 2.12. The van der Waals surface area contributed by atoms with Gasteiger partial charge in [0.15, 0.2) is 5.16 Å². The molecule has 0 fully saturated rings. The molecule has 0 bridgehead atoms. The summed E-state index contributed by atoms with van der Waals surface area (Å²) in [6, 6.07) is 18.1. The average Bonchev–Trinajstić information content (AvgIpc) is 3.44. The smallest absolute Gasteiger partial charge is 0.283 e. The summed E-state index contributed by atoms with van der Waals surface area (Å²) in [5, 5.41) is 4.56. The van der Waals surface area contributed by atoms with Crippen molar-refractivity contribution >= 4 is 51.2 Å². The molecule has 2 aromatic carbocycles. The molecule has 0 unspecified atom stereocenters. The number of para-hydroxylation sites is 1. The number of aromatic amines is 1. The summed E-state index contributed by atoms with van der Waals surface area (Å²) < 4.78 is 6.72. The number of nitrogens with one attached hydrogen (secondary N) is 2. The summed E-state index contributed by atoms with van der Waals surface area (Å²) in [6.45, 7) is 0.294. The van der Waals surface area contributed by atoms with Crippen molar-refractivity contribution in [2.24, 2.45) is 0 Å². The van der Waals surface area contributed by atoms with Crippen LogP contribution in [0.3, 0.4) is 0 Å². The first-order chi connectivity index (χ1) is 15.6. The number of furan rings is 1. The van der Waals surface area contributed by atoms with Gasteiger partial charge >= 0.3 is 0 Å². The van der Waals surface area contributed by atoms with Crippen LogP contribution < -0.4 is 10.9 Å². The molecule has 0 atom stereocenters. The van der Waals surface area contributed by atoms with Gasteiger partial charge < -0.3 is 14.7 Å². The number of H-pyrrole nitrogens is 1. The third kappa shape index (κ3) is 3.90. The van der Waals surface area contributed by atoms with Crippen molar-refractivity contribution in [2.75, 3.05) is 5.75 Å². The fraction of sp³-hybridized carbons (Fsp3) is 0.0870. The molecule has 0 saturated carbocycles. The lowest BCUT2D eigenvalue weighted by molar-refractivity contribution is -0.118. The monoisotopic (exact) mass is 464 g/mol. The maximum absolute atomic E-state index is 13.5. The van der Waals surface area contributed by atoms with Gasteiger partial charge in [0, 0.05) is 15.9 Å². The van der Waals surface area contributed by atoms with Crippen LogP contribution in [-0.2, 0) is 11.3 Å². The van der Waals surface area contributed by atoms with Crippen LogP contribution in [0.1, 0.15) is 5.76 Å². The van der Waals surface area contributed by atoms with Gasteiger partial charge in [0.1, 0.15) is 16.8 Å². The molecule has 5 rings (SSSR count). The van der Waals surface area contributed by atoms with Crippen molar-refractivity contribution in [3.05, 3.63) is 88.1 Å². The van der Waals surface area contributed by atoms with Gasteiger partial charge in [-0.3, -0.25) is 14.2 Å². The predicted octanol–water partition coefficient (Wildman–Crippen LogP) is 4.52. The highest BCUT2D eigenvalue weighted by Gasteiger charge is 2.18. The Labute approximate surface area is 191 Å². The van der Waals surface area contributed by atoms with Crippen molar-refractivity contribution in [1.29, 1.82) is 0 Å². The average molecular weight is 465 g/mol. The Morgan fingerprint density at radius 2 is 2.03 bits per heavy atom. The number of thioether (sulfide) groups is 1. The molecule has 0 aliphatic carbocycles. The maximum atomic E-state index is 13.5. The lowest BCUT2D eigenvalue weighted by Crippen LogP contribution is -2.26. The van der Waals surface area contributed by atoms with E-state index in [4.69, 9.17) is 21.0 Å². The molecule has 5 aromatic rings. The van der Waals surface area contributed by atoms with Gasteiger partial charge in [0.2, 0.25) is 5.91 Å². The minimum atomic E-state index is -0.257. The Morgan fingerprint density at radius 3 is 2.84 bits per heavy atom. The van der Waals surface area contributed by atoms with Crippen molar-refractivity contribution in [2.45, 2.75) is 11.7 Å². The Balaban J connectivity index is 1.54. The van der Waals surface area contributed by atoms with Crippen LogP contribution in [0.15, 0.2) is 81.3 Å². The van der Waals surface area contributed by atoms with Crippen LogP contribution >= 0.6 is 23.4 Å². The first kappa shape index (κ1) is 20.4. The summed E-state index contributed by atoms with van der Waals surface area (Å²) in [7, 11) is 0. The Kier molecular flexibility index (Phi) is 5.46. The van der Waals surface area contributed by atoms with Crippen molar-refractivity contribution < 1.29 is 9.21 Å². The minimum absolute atomic E-state index is 0.0849. The fourth-order valence-corrected chi connectivity index (χ4v) is 4.48. The fourth-order valence-electron chi connectivity index (χ4n) is 3.46. The Bertz CT molecular complexity index is 1490. The first-order valence-corrected chi connectivity index (χ1v) is 11.2. The van der Waals surface area contributed by atoms with Crippen LogP contribution in [0, 0.1) is 0 Å². The lowest BCUT2D eigenvalue weighted by Gasteiger charge is -2.12. The van der Waals surface area contributed by atoms with Gasteiger partial charge in [0.05, 0.1) is 24.2 Å². The van der Waals surface area contributed by atoms with Crippen LogP contribution in [-0.4, -0.2) is 26.2 Å². The van der Waals surface area contributed by atoms with Crippen LogP contribution in [0.2, 0.25) is 5.02 Å². The third-order valence-corrected chi connectivity index (χ3v) is 6.11. The number of carbonyl (C=O) groups is 1. The summed E-state index contributed by atoms with van der Waals surface area (Å²) >= 11 is 7.36. The largest absolute Gasteiger partial charge is 0.467 e. The molecule has 2 N–H and O–H groups in total. The molecule has 0 saturated heterocycles. The lowest BCUT2D eigenvalue weighted by atomic mass is 10.2. The zero-order valence-corrected chi connectivity index (χ0v) is 18.2. The number of halogens is 1. The van der Waals surface area contributed by atoms with E-state index in [1.165, 1.54) is 16.3 Å². The topological polar surface area (TPSA) is 92.9 Å². The number of rotatable bonds is 6. The number of benzene rings is 2. The van der Waals surface area contributed by atoms with Gasteiger partial charge in [-0.2, -0.15) is 0 Å². The second kappa shape index (κ2) is 8.57.